The number of benzene rings is 1. The van der Waals surface area contributed by atoms with Crippen molar-refractivity contribution in [2.45, 2.75) is 25.8 Å². The fourth-order valence-corrected chi connectivity index (χ4v) is 1.95. The highest BCUT2D eigenvalue weighted by Crippen LogP contribution is 2.24. The van der Waals surface area contributed by atoms with E-state index in [0.29, 0.717) is 6.04 Å². The van der Waals surface area contributed by atoms with Gasteiger partial charge in [-0.05, 0) is 37.6 Å². The fraction of sp³-hybridized carbons (Fsp3) is 0.385. The minimum atomic E-state index is -1.14. The zero-order valence-electron chi connectivity index (χ0n) is 9.89. The van der Waals surface area contributed by atoms with E-state index in [1.165, 1.54) is 0 Å². The van der Waals surface area contributed by atoms with Gasteiger partial charge in [0.05, 0.1) is 5.39 Å². The van der Waals surface area contributed by atoms with Crippen molar-refractivity contribution in [2.24, 2.45) is 0 Å². The predicted octanol–water partition coefficient (Wildman–Crippen LogP) is 3.25. The van der Waals surface area contributed by atoms with E-state index in [9.17, 15) is 8.78 Å². The van der Waals surface area contributed by atoms with Gasteiger partial charge >= 0.3 is 6.01 Å². The second-order valence-electron chi connectivity index (χ2n) is 4.12. The van der Waals surface area contributed by atoms with E-state index in [4.69, 9.17) is 0 Å². The van der Waals surface area contributed by atoms with Crippen LogP contribution in [-0.4, -0.2) is 13.1 Å². The topological polar surface area (TPSA) is 25.2 Å². The molecule has 1 N–H and O–H groups in total. The number of hydrogen-bond donors (Lipinski definition) is 1. The Bertz CT molecular complexity index is 517. The summed E-state index contributed by atoms with van der Waals surface area (Å²) in [5.74, 6) is -0.903. The molecule has 1 atom stereocenters. The summed E-state index contributed by atoms with van der Waals surface area (Å²) in [6, 6.07) is 4.30. The molecular weight excluding hydrogens is 224 g/mol. The Morgan fingerprint density at radius 2 is 2.12 bits per heavy atom. The van der Waals surface area contributed by atoms with Gasteiger partial charge in [0.15, 0.2) is 0 Å². The summed E-state index contributed by atoms with van der Waals surface area (Å²) < 4.78 is 30.9. The molecule has 1 heterocycles. The lowest BCUT2D eigenvalue weighted by molar-refractivity contribution is 0.343. The minimum Gasteiger partial charge on any atom is -0.429 e. The normalized spacial score (nSPS) is 13.2. The van der Waals surface area contributed by atoms with Crippen molar-refractivity contribution in [1.29, 1.82) is 0 Å². The van der Waals surface area contributed by atoms with Crippen molar-refractivity contribution < 1.29 is 13.2 Å². The lowest BCUT2D eigenvalue weighted by Crippen LogP contribution is -2.26. The van der Waals surface area contributed by atoms with Crippen LogP contribution < -0.4 is 5.32 Å². The van der Waals surface area contributed by atoms with Crippen molar-refractivity contribution in [3.63, 3.8) is 0 Å². The van der Waals surface area contributed by atoms with Gasteiger partial charge in [0.1, 0.15) is 5.58 Å². The first-order chi connectivity index (χ1) is 8.15. The highest BCUT2D eigenvalue weighted by Gasteiger charge is 2.14. The first-order valence-corrected chi connectivity index (χ1v) is 5.69. The first kappa shape index (κ1) is 12.0. The third-order valence-electron chi connectivity index (χ3n) is 3.04. The number of likely N-dealkylation sites (N-methyl/N-ethyl adjacent to an activating group) is 1. The van der Waals surface area contributed by atoms with Gasteiger partial charge in [-0.1, -0.05) is 13.0 Å². The summed E-state index contributed by atoms with van der Waals surface area (Å²) in [5, 5.41) is 3.39. The molecule has 1 aromatic carbocycles. The largest absolute Gasteiger partial charge is 0.429 e. The fourth-order valence-electron chi connectivity index (χ4n) is 1.95. The van der Waals surface area contributed by atoms with Crippen molar-refractivity contribution in [3.05, 3.63) is 35.6 Å². The van der Waals surface area contributed by atoms with E-state index in [1.807, 2.05) is 13.1 Å². The van der Waals surface area contributed by atoms with Crippen LogP contribution in [0.2, 0.25) is 0 Å². The lowest BCUT2D eigenvalue weighted by atomic mass is 10.0. The van der Waals surface area contributed by atoms with Gasteiger partial charge < -0.3 is 9.73 Å². The Morgan fingerprint density at radius 3 is 2.76 bits per heavy atom. The molecule has 2 nitrogen and oxygen atoms in total. The van der Waals surface area contributed by atoms with E-state index < -0.39 is 11.8 Å². The Kier molecular flexibility index (Phi) is 3.43. The molecule has 0 spiro atoms. The van der Waals surface area contributed by atoms with Gasteiger partial charge in [0.25, 0.3) is 0 Å². The summed E-state index contributed by atoms with van der Waals surface area (Å²) >= 11 is 0. The maximum absolute atomic E-state index is 13.4. The summed E-state index contributed by atoms with van der Waals surface area (Å²) in [4.78, 5) is 0. The zero-order chi connectivity index (χ0) is 12.4. The standard InChI is InChI=1S/C13H15F2NO/c1-3-9(16-2)6-8-4-5-11-10(7-8)12(14)13(15)17-11/h4-5,7,9,16H,3,6H2,1-2H3/t9-/m0/s1. The SMILES string of the molecule is CC[C@@H](Cc1ccc2oc(F)c(F)c2c1)NC. The van der Waals surface area contributed by atoms with E-state index >= 15 is 0 Å². The molecule has 4 heteroatoms. The number of fused-ring (bicyclic) bond motifs is 1. The van der Waals surface area contributed by atoms with Gasteiger partial charge in [-0.2, -0.15) is 8.78 Å². The molecule has 1 aromatic heterocycles. The maximum Gasteiger partial charge on any atom is 0.315 e. The van der Waals surface area contributed by atoms with Crippen LogP contribution in [0.3, 0.4) is 0 Å². The molecule has 0 aliphatic rings. The van der Waals surface area contributed by atoms with Crippen LogP contribution >= 0.6 is 0 Å². The average molecular weight is 239 g/mol. The molecule has 17 heavy (non-hydrogen) atoms. The van der Waals surface area contributed by atoms with Crippen molar-refractivity contribution in [2.75, 3.05) is 7.05 Å². The molecule has 0 fully saturated rings. The Morgan fingerprint density at radius 1 is 1.35 bits per heavy atom. The van der Waals surface area contributed by atoms with E-state index in [0.717, 1.165) is 18.4 Å². The second-order valence-corrected chi connectivity index (χ2v) is 4.12. The molecule has 2 rings (SSSR count). The number of hydrogen-bond acceptors (Lipinski definition) is 2. The van der Waals surface area contributed by atoms with E-state index in [1.54, 1.807) is 12.1 Å². The first-order valence-electron chi connectivity index (χ1n) is 5.69. The van der Waals surface area contributed by atoms with Crippen LogP contribution in [0.25, 0.3) is 11.0 Å². The quantitative estimate of drug-likeness (QED) is 0.886. The maximum atomic E-state index is 13.4. The average Bonchev–Trinajstić information content (AvgIpc) is 2.62. The van der Waals surface area contributed by atoms with Crippen molar-refractivity contribution in [1.82, 2.24) is 5.32 Å². The highest BCUT2D eigenvalue weighted by molar-refractivity contribution is 5.78. The minimum absolute atomic E-state index is 0.214. The molecular formula is C13H15F2NO. The molecule has 2 aromatic rings. The number of rotatable bonds is 4. The highest BCUT2D eigenvalue weighted by atomic mass is 19.2. The third-order valence-corrected chi connectivity index (χ3v) is 3.04. The van der Waals surface area contributed by atoms with Crippen LogP contribution in [0.5, 0.6) is 0 Å². The molecule has 0 radical (unpaired) electrons. The van der Waals surface area contributed by atoms with Crippen LogP contribution in [-0.2, 0) is 6.42 Å². The molecule has 0 saturated carbocycles. The Labute approximate surface area is 98.6 Å². The summed E-state index contributed by atoms with van der Waals surface area (Å²) in [7, 11) is 1.89. The van der Waals surface area contributed by atoms with Gasteiger partial charge in [0.2, 0.25) is 5.82 Å². The molecule has 0 aliphatic heterocycles. The monoisotopic (exact) mass is 239 g/mol. The molecule has 0 aliphatic carbocycles. The Balaban J connectivity index is 2.33. The zero-order valence-corrected chi connectivity index (χ0v) is 9.89. The van der Waals surface area contributed by atoms with Crippen LogP contribution in [0, 0.1) is 11.8 Å². The molecule has 92 valence electrons. The smallest absolute Gasteiger partial charge is 0.315 e. The molecule has 0 saturated heterocycles. The van der Waals surface area contributed by atoms with Gasteiger partial charge in [0, 0.05) is 6.04 Å². The summed E-state index contributed by atoms with van der Waals surface area (Å²) in [5.41, 5.74) is 1.22. The van der Waals surface area contributed by atoms with E-state index in [-0.39, 0.29) is 11.0 Å². The van der Waals surface area contributed by atoms with E-state index in [2.05, 4.69) is 16.7 Å². The lowest BCUT2D eigenvalue weighted by Gasteiger charge is -2.13. The van der Waals surface area contributed by atoms with Crippen LogP contribution in [0.15, 0.2) is 22.6 Å². The predicted molar refractivity (Wildman–Crippen MR) is 63.0 cm³/mol. The third kappa shape index (κ3) is 2.31. The summed E-state index contributed by atoms with van der Waals surface area (Å²) in [6.45, 7) is 2.08. The molecule has 0 unspecified atom stereocenters. The van der Waals surface area contributed by atoms with Gasteiger partial charge in [-0.3, -0.25) is 0 Å². The van der Waals surface area contributed by atoms with Crippen molar-refractivity contribution in [3.8, 4) is 0 Å². The Hall–Kier alpha value is -1.42. The molecule has 0 bridgehead atoms. The molecule has 0 amide bonds. The van der Waals surface area contributed by atoms with Crippen LogP contribution in [0.1, 0.15) is 18.9 Å². The number of furan rings is 1. The number of nitrogens with one attached hydrogen (secondary N) is 1. The number of halogens is 2. The van der Waals surface area contributed by atoms with Gasteiger partial charge in [-0.15, -0.1) is 0 Å². The van der Waals surface area contributed by atoms with Crippen LogP contribution in [0.4, 0.5) is 8.78 Å². The summed E-state index contributed by atoms with van der Waals surface area (Å²) in [6.07, 6.45) is 1.77. The second kappa shape index (κ2) is 4.84. The van der Waals surface area contributed by atoms with Gasteiger partial charge in [-0.25, -0.2) is 0 Å². The van der Waals surface area contributed by atoms with Crippen molar-refractivity contribution >= 4 is 11.0 Å².